The second-order valence-corrected chi connectivity index (χ2v) is 4.12. The van der Waals surface area contributed by atoms with Crippen molar-refractivity contribution in [3.8, 4) is 0 Å². The molecule has 8 heteroatoms. The molecular formula is C11H12ClN3O4. The first-order chi connectivity index (χ1) is 8.90. The standard InChI is InChI=1S/C11H12ClN3O4/c12-8-5-6(3-4-14-8)10(17)15-7(11(18)19)1-2-9(13)16/h3-5,7H,1-2H2,(H2,13,16)(H,15,17)(H,18,19)/t7-/m0/s1. The molecule has 0 radical (unpaired) electrons. The number of amides is 2. The second-order valence-electron chi connectivity index (χ2n) is 3.74. The molecule has 0 aromatic carbocycles. The van der Waals surface area contributed by atoms with Gasteiger partial charge in [-0.25, -0.2) is 9.78 Å². The van der Waals surface area contributed by atoms with Crippen molar-refractivity contribution in [2.45, 2.75) is 18.9 Å². The number of carboxylic acid groups (broad SMARTS) is 1. The Balaban J connectivity index is 2.71. The van der Waals surface area contributed by atoms with E-state index >= 15 is 0 Å². The molecule has 19 heavy (non-hydrogen) atoms. The Bertz CT molecular complexity index is 506. The molecule has 1 aromatic rings. The summed E-state index contributed by atoms with van der Waals surface area (Å²) in [6.45, 7) is 0. The summed E-state index contributed by atoms with van der Waals surface area (Å²) in [6, 6.07) is 1.52. The molecule has 7 nitrogen and oxygen atoms in total. The SMILES string of the molecule is NC(=O)CC[C@H](NC(=O)c1ccnc(Cl)c1)C(=O)O. The number of hydrogen-bond donors (Lipinski definition) is 3. The number of nitrogens with one attached hydrogen (secondary N) is 1. The molecule has 0 unspecified atom stereocenters. The number of hydrogen-bond acceptors (Lipinski definition) is 4. The fourth-order valence-electron chi connectivity index (χ4n) is 1.33. The Labute approximate surface area is 113 Å². The van der Waals surface area contributed by atoms with Crippen LogP contribution in [0.15, 0.2) is 18.3 Å². The highest BCUT2D eigenvalue weighted by Gasteiger charge is 2.21. The van der Waals surface area contributed by atoms with Gasteiger partial charge in [0.2, 0.25) is 5.91 Å². The first-order valence-corrected chi connectivity index (χ1v) is 5.71. The average Bonchev–Trinajstić information content (AvgIpc) is 2.33. The number of halogens is 1. The Morgan fingerprint density at radius 2 is 2.16 bits per heavy atom. The number of pyridine rings is 1. The lowest BCUT2D eigenvalue weighted by atomic mass is 10.1. The fraction of sp³-hybridized carbons (Fsp3) is 0.273. The van der Waals surface area contributed by atoms with Crippen molar-refractivity contribution in [2.75, 3.05) is 0 Å². The van der Waals surface area contributed by atoms with Gasteiger partial charge in [-0.3, -0.25) is 9.59 Å². The van der Waals surface area contributed by atoms with Gasteiger partial charge in [0.15, 0.2) is 0 Å². The van der Waals surface area contributed by atoms with Gasteiger partial charge >= 0.3 is 5.97 Å². The maximum absolute atomic E-state index is 11.8. The summed E-state index contributed by atoms with van der Waals surface area (Å²) in [5.41, 5.74) is 5.12. The van der Waals surface area contributed by atoms with Crippen molar-refractivity contribution in [1.82, 2.24) is 10.3 Å². The van der Waals surface area contributed by atoms with Gasteiger partial charge in [-0.05, 0) is 18.6 Å². The summed E-state index contributed by atoms with van der Waals surface area (Å²) >= 11 is 5.62. The lowest BCUT2D eigenvalue weighted by Crippen LogP contribution is -2.41. The van der Waals surface area contributed by atoms with Crippen LogP contribution >= 0.6 is 11.6 Å². The Kier molecular flexibility index (Phi) is 5.25. The Morgan fingerprint density at radius 3 is 2.68 bits per heavy atom. The topological polar surface area (TPSA) is 122 Å². The molecule has 0 spiro atoms. The Morgan fingerprint density at radius 1 is 1.47 bits per heavy atom. The van der Waals surface area contributed by atoms with Crippen LogP contribution in [0.25, 0.3) is 0 Å². The van der Waals surface area contributed by atoms with Crippen LogP contribution < -0.4 is 11.1 Å². The average molecular weight is 286 g/mol. The molecule has 0 aliphatic carbocycles. The van der Waals surface area contributed by atoms with E-state index in [-0.39, 0.29) is 23.6 Å². The second kappa shape index (κ2) is 6.69. The first kappa shape index (κ1) is 14.9. The monoisotopic (exact) mass is 285 g/mol. The van der Waals surface area contributed by atoms with Crippen LogP contribution in [0.2, 0.25) is 5.15 Å². The molecule has 0 bridgehead atoms. The molecule has 0 fully saturated rings. The molecule has 0 saturated heterocycles. The number of nitrogens with two attached hydrogens (primary N) is 1. The van der Waals surface area contributed by atoms with Gasteiger partial charge in [-0.15, -0.1) is 0 Å². The number of carbonyl (C=O) groups excluding carboxylic acids is 2. The summed E-state index contributed by atoms with van der Waals surface area (Å²) in [4.78, 5) is 37.0. The van der Waals surface area contributed by atoms with Gasteiger partial charge in [-0.1, -0.05) is 11.6 Å². The third-order valence-electron chi connectivity index (χ3n) is 2.27. The van der Waals surface area contributed by atoms with E-state index in [2.05, 4.69) is 10.3 Å². The summed E-state index contributed by atoms with van der Waals surface area (Å²) in [5, 5.41) is 11.3. The molecule has 0 aliphatic rings. The lowest BCUT2D eigenvalue weighted by molar-refractivity contribution is -0.139. The summed E-state index contributed by atoms with van der Waals surface area (Å²) in [5.74, 6) is -2.48. The van der Waals surface area contributed by atoms with Gasteiger partial charge < -0.3 is 16.2 Å². The molecular weight excluding hydrogens is 274 g/mol. The van der Waals surface area contributed by atoms with Crippen LogP contribution in [0, 0.1) is 0 Å². The van der Waals surface area contributed by atoms with E-state index in [1.165, 1.54) is 18.3 Å². The number of rotatable bonds is 6. The molecule has 2 amide bonds. The summed E-state index contributed by atoms with van der Waals surface area (Å²) in [7, 11) is 0. The largest absolute Gasteiger partial charge is 0.480 e. The number of carboxylic acids is 1. The zero-order valence-electron chi connectivity index (χ0n) is 9.80. The third kappa shape index (κ3) is 4.92. The van der Waals surface area contributed by atoms with Crippen LogP contribution in [0.4, 0.5) is 0 Å². The number of nitrogens with zero attached hydrogens (tertiary/aromatic N) is 1. The van der Waals surface area contributed by atoms with E-state index in [0.717, 1.165) is 0 Å². The number of aliphatic carboxylic acids is 1. The van der Waals surface area contributed by atoms with Crippen molar-refractivity contribution in [3.05, 3.63) is 29.0 Å². The fourth-order valence-corrected chi connectivity index (χ4v) is 1.50. The highest BCUT2D eigenvalue weighted by atomic mass is 35.5. The van der Waals surface area contributed by atoms with E-state index in [1.54, 1.807) is 0 Å². The van der Waals surface area contributed by atoms with Gasteiger partial charge in [-0.2, -0.15) is 0 Å². The number of carbonyl (C=O) groups is 3. The zero-order chi connectivity index (χ0) is 14.4. The van der Waals surface area contributed by atoms with E-state index < -0.39 is 23.8 Å². The van der Waals surface area contributed by atoms with Crippen LogP contribution in [0.1, 0.15) is 23.2 Å². The van der Waals surface area contributed by atoms with Gasteiger partial charge in [0.05, 0.1) is 0 Å². The van der Waals surface area contributed by atoms with Crippen molar-refractivity contribution in [2.24, 2.45) is 5.73 Å². The van der Waals surface area contributed by atoms with Crippen molar-refractivity contribution >= 4 is 29.4 Å². The maximum Gasteiger partial charge on any atom is 0.326 e. The van der Waals surface area contributed by atoms with E-state index in [9.17, 15) is 14.4 Å². The molecule has 0 aliphatic heterocycles. The minimum absolute atomic E-state index is 0.0742. The predicted molar refractivity (Wildman–Crippen MR) is 66.6 cm³/mol. The predicted octanol–water partition coefficient (Wildman–Crippen LogP) is 0.183. The minimum Gasteiger partial charge on any atom is -0.480 e. The quantitative estimate of drug-likeness (QED) is 0.644. The van der Waals surface area contributed by atoms with Gasteiger partial charge in [0, 0.05) is 18.2 Å². The van der Waals surface area contributed by atoms with Crippen LogP contribution in [0.3, 0.4) is 0 Å². The molecule has 1 atom stereocenters. The van der Waals surface area contributed by atoms with Crippen LogP contribution in [-0.4, -0.2) is 33.9 Å². The molecule has 1 rings (SSSR count). The molecule has 1 aromatic heterocycles. The normalized spacial score (nSPS) is 11.6. The van der Waals surface area contributed by atoms with Crippen molar-refractivity contribution in [3.63, 3.8) is 0 Å². The smallest absolute Gasteiger partial charge is 0.326 e. The number of aromatic nitrogens is 1. The minimum atomic E-state index is -1.24. The van der Waals surface area contributed by atoms with Gasteiger partial charge in [0.25, 0.3) is 5.91 Å². The highest BCUT2D eigenvalue weighted by Crippen LogP contribution is 2.08. The summed E-state index contributed by atoms with van der Waals surface area (Å²) in [6.07, 6.45) is 1.12. The highest BCUT2D eigenvalue weighted by molar-refractivity contribution is 6.29. The van der Waals surface area contributed by atoms with E-state index in [4.69, 9.17) is 22.4 Å². The van der Waals surface area contributed by atoms with Gasteiger partial charge in [0.1, 0.15) is 11.2 Å². The van der Waals surface area contributed by atoms with Crippen molar-refractivity contribution in [1.29, 1.82) is 0 Å². The van der Waals surface area contributed by atoms with E-state index in [0.29, 0.717) is 0 Å². The summed E-state index contributed by atoms with van der Waals surface area (Å²) < 4.78 is 0. The van der Waals surface area contributed by atoms with Crippen LogP contribution in [0.5, 0.6) is 0 Å². The lowest BCUT2D eigenvalue weighted by Gasteiger charge is -2.13. The third-order valence-corrected chi connectivity index (χ3v) is 2.48. The van der Waals surface area contributed by atoms with E-state index in [1.807, 2.05) is 0 Å². The zero-order valence-corrected chi connectivity index (χ0v) is 10.6. The maximum atomic E-state index is 11.8. The molecule has 102 valence electrons. The molecule has 1 heterocycles. The molecule has 0 saturated carbocycles. The van der Waals surface area contributed by atoms with Crippen molar-refractivity contribution < 1.29 is 19.5 Å². The number of primary amides is 1. The van der Waals surface area contributed by atoms with Crippen LogP contribution in [-0.2, 0) is 9.59 Å². The molecule has 4 N–H and O–H groups in total. The Hall–Kier alpha value is -2.15. The first-order valence-electron chi connectivity index (χ1n) is 5.33.